The molecule has 2 aromatic heterocycles. The Labute approximate surface area is 127 Å². The zero-order valence-electron chi connectivity index (χ0n) is 11.8. The first kappa shape index (κ1) is 15.1. The van der Waals surface area contributed by atoms with Crippen molar-refractivity contribution in [1.29, 1.82) is 0 Å². The highest BCUT2D eigenvalue weighted by Gasteiger charge is 2.36. The summed E-state index contributed by atoms with van der Waals surface area (Å²) in [5.74, 6) is -2.92. The lowest BCUT2D eigenvalue weighted by Crippen LogP contribution is -2.15. The molecule has 0 spiro atoms. The molecule has 1 aromatic carbocycles. The quantitative estimate of drug-likeness (QED) is 0.755. The van der Waals surface area contributed by atoms with Gasteiger partial charge in [-0.3, -0.25) is 4.79 Å². The number of carboxylic acid groups (broad SMARTS) is 1. The third-order valence-corrected chi connectivity index (χ3v) is 3.50. The number of hydrogen-bond donors (Lipinski definition) is 2. The van der Waals surface area contributed by atoms with E-state index in [2.05, 4.69) is 9.97 Å². The third kappa shape index (κ3) is 2.33. The van der Waals surface area contributed by atoms with Gasteiger partial charge in [-0.15, -0.1) is 0 Å². The van der Waals surface area contributed by atoms with Gasteiger partial charge in [0.05, 0.1) is 10.9 Å². The smallest absolute Gasteiger partial charge is 0.451 e. The number of halogens is 3. The van der Waals surface area contributed by atoms with Crippen LogP contribution < -0.4 is 5.73 Å². The fourth-order valence-electron chi connectivity index (χ4n) is 2.66. The predicted molar refractivity (Wildman–Crippen MR) is 76.8 cm³/mol. The molecule has 23 heavy (non-hydrogen) atoms. The van der Waals surface area contributed by atoms with E-state index in [0.29, 0.717) is 16.5 Å². The lowest BCUT2D eigenvalue weighted by molar-refractivity contribution is -0.144. The molecule has 6 nitrogen and oxygen atoms in total. The number of aliphatic carboxylic acids is 1. The average molecular weight is 324 g/mol. The molecule has 0 fully saturated rings. The van der Waals surface area contributed by atoms with Gasteiger partial charge in [-0.05, 0) is 12.5 Å². The summed E-state index contributed by atoms with van der Waals surface area (Å²) in [5, 5.41) is 9.82. The summed E-state index contributed by atoms with van der Waals surface area (Å²) in [6.45, 7) is 1.20. The van der Waals surface area contributed by atoms with Crippen molar-refractivity contribution in [1.82, 2.24) is 14.5 Å². The van der Waals surface area contributed by atoms with E-state index in [4.69, 9.17) is 10.8 Å². The van der Waals surface area contributed by atoms with Crippen molar-refractivity contribution in [2.45, 2.75) is 19.6 Å². The van der Waals surface area contributed by atoms with Crippen LogP contribution in [0.4, 0.5) is 19.0 Å². The first-order valence-corrected chi connectivity index (χ1v) is 6.54. The molecule has 120 valence electrons. The maximum absolute atomic E-state index is 12.9. The van der Waals surface area contributed by atoms with Crippen LogP contribution in [0.2, 0.25) is 0 Å². The van der Waals surface area contributed by atoms with Crippen LogP contribution in [0.15, 0.2) is 18.2 Å². The van der Waals surface area contributed by atoms with Gasteiger partial charge >= 0.3 is 12.1 Å². The average Bonchev–Trinajstić information content (AvgIpc) is 2.73. The lowest BCUT2D eigenvalue weighted by atomic mass is 10.1. The van der Waals surface area contributed by atoms with Crippen LogP contribution in [0.5, 0.6) is 0 Å². The minimum atomic E-state index is -4.78. The number of alkyl halides is 3. The number of hydrogen-bond acceptors (Lipinski definition) is 4. The van der Waals surface area contributed by atoms with Gasteiger partial charge in [-0.1, -0.05) is 18.2 Å². The van der Waals surface area contributed by atoms with Crippen LogP contribution >= 0.6 is 0 Å². The molecule has 0 saturated carbocycles. The number of aryl methyl sites for hydroxylation is 1. The molecule has 0 bridgehead atoms. The van der Waals surface area contributed by atoms with Crippen LogP contribution in [-0.2, 0) is 17.5 Å². The van der Waals surface area contributed by atoms with E-state index in [9.17, 15) is 18.0 Å². The number of anilines is 1. The van der Waals surface area contributed by atoms with Gasteiger partial charge in [-0.25, -0.2) is 9.97 Å². The second-order valence-corrected chi connectivity index (χ2v) is 5.08. The number of fused-ring (bicyclic) bond motifs is 3. The summed E-state index contributed by atoms with van der Waals surface area (Å²) >= 11 is 0. The Morgan fingerprint density at radius 2 is 2.04 bits per heavy atom. The van der Waals surface area contributed by atoms with Crippen molar-refractivity contribution in [3.05, 3.63) is 29.6 Å². The third-order valence-electron chi connectivity index (χ3n) is 3.50. The Morgan fingerprint density at radius 1 is 1.35 bits per heavy atom. The number of benzene rings is 1. The molecule has 3 N–H and O–H groups in total. The molecule has 0 saturated heterocycles. The molecular formula is C14H11F3N4O2. The summed E-state index contributed by atoms with van der Waals surface area (Å²) in [7, 11) is 0. The topological polar surface area (TPSA) is 94.0 Å². The summed E-state index contributed by atoms with van der Waals surface area (Å²) in [6, 6.07) is 5.09. The van der Waals surface area contributed by atoms with Gasteiger partial charge in [0.25, 0.3) is 0 Å². The first-order valence-electron chi connectivity index (χ1n) is 6.54. The summed E-state index contributed by atoms with van der Waals surface area (Å²) in [5.41, 5.74) is 6.74. The summed E-state index contributed by atoms with van der Waals surface area (Å²) < 4.78 is 40.0. The fourth-order valence-corrected chi connectivity index (χ4v) is 2.66. The maximum atomic E-state index is 12.9. The van der Waals surface area contributed by atoms with E-state index in [1.54, 1.807) is 25.1 Å². The Bertz CT molecular complexity index is 947. The predicted octanol–water partition coefficient (Wildman–Crippen LogP) is 2.58. The molecule has 3 rings (SSSR count). The number of carbonyl (C=O) groups is 1. The number of aromatic nitrogens is 3. The summed E-state index contributed by atoms with van der Waals surface area (Å²) in [6.07, 6.45) is -4.78. The number of para-hydroxylation sites is 1. The molecule has 2 heterocycles. The highest BCUT2D eigenvalue weighted by Crippen LogP contribution is 2.35. The highest BCUT2D eigenvalue weighted by molar-refractivity contribution is 6.12. The van der Waals surface area contributed by atoms with E-state index in [1.807, 2.05) is 0 Å². The lowest BCUT2D eigenvalue weighted by Gasteiger charge is -2.08. The number of nitrogens with two attached hydrogens (primary N) is 1. The van der Waals surface area contributed by atoms with E-state index in [-0.39, 0.29) is 16.9 Å². The highest BCUT2D eigenvalue weighted by atomic mass is 19.4. The molecule has 0 aliphatic rings. The second-order valence-electron chi connectivity index (χ2n) is 5.08. The van der Waals surface area contributed by atoms with Gasteiger partial charge in [0.1, 0.15) is 18.0 Å². The van der Waals surface area contributed by atoms with E-state index >= 15 is 0 Å². The zero-order valence-corrected chi connectivity index (χ0v) is 11.8. The van der Waals surface area contributed by atoms with Crippen LogP contribution in [-0.4, -0.2) is 25.6 Å². The van der Waals surface area contributed by atoms with Gasteiger partial charge in [0, 0.05) is 5.39 Å². The Balaban J connectivity index is 2.51. The standard InChI is InChI=1S/C14H11F3N4O2/c1-6-3-2-4-7-9-11(18)19-13(14(15,16)17)20-12(9)21(10(6)7)5-8(22)23/h2-4H,5H2,1H3,(H,22,23)(H2,18,19,20). The maximum Gasteiger partial charge on any atom is 0.451 e. The van der Waals surface area contributed by atoms with Gasteiger partial charge in [-0.2, -0.15) is 13.2 Å². The fraction of sp³-hybridized carbons (Fsp3) is 0.214. The van der Waals surface area contributed by atoms with Crippen LogP contribution in [0.3, 0.4) is 0 Å². The van der Waals surface area contributed by atoms with Crippen molar-refractivity contribution in [3.8, 4) is 0 Å². The Kier molecular flexibility index (Phi) is 3.17. The minimum Gasteiger partial charge on any atom is -0.480 e. The number of nitrogens with zero attached hydrogens (tertiary/aromatic N) is 3. The molecule has 0 atom stereocenters. The monoisotopic (exact) mass is 324 g/mol. The van der Waals surface area contributed by atoms with Gasteiger partial charge in [0.2, 0.25) is 5.82 Å². The van der Waals surface area contributed by atoms with Crippen LogP contribution in [0.25, 0.3) is 21.9 Å². The van der Waals surface area contributed by atoms with Gasteiger partial charge < -0.3 is 15.4 Å². The number of rotatable bonds is 2. The number of nitrogen functional groups attached to an aromatic ring is 1. The number of carboxylic acids is 1. The van der Waals surface area contributed by atoms with Crippen molar-refractivity contribution >= 4 is 33.7 Å². The molecule has 0 aliphatic heterocycles. The first-order chi connectivity index (χ1) is 10.7. The van der Waals surface area contributed by atoms with E-state index < -0.39 is 24.5 Å². The van der Waals surface area contributed by atoms with Crippen LogP contribution in [0.1, 0.15) is 11.4 Å². The largest absolute Gasteiger partial charge is 0.480 e. The zero-order chi connectivity index (χ0) is 16.9. The Hall–Kier alpha value is -2.84. The second kappa shape index (κ2) is 4.83. The normalized spacial score (nSPS) is 12.2. The molecule has 9 heteroatoms. The van der Waals surface area contributed by atoms with Crippen molar-refractivity contribution in [2.75, 3.05) is 5.73 Å². The van der Waals surface area contributed by atoms with Crippen molar-refractivity contribution < 1.29 is 23.1 Å². The minimum absolute atomic E-state index is 0.142. The van der Waals surface area contributed by atoms with E-state index in [1.165, 1.54) is 4.57 Å². The summed E-state index contributed by atoms with van der Waals surface area (Å²) in [4.78, 5) is 18.0. The van der Waals surface area contributed by atoms with Gasteiger partial charge in [0.15, 0.2) is 0 Å². The molecule has 0 radical (unpaired) electrons. The molecule has 0 unspecified atom stereocenters. The molecular weight excluding hydrogens is 313 g/mol. The van der Waals surface area contributed by atoms with Crippen LogP contribution in [0, 0.1) is 6.92 Å². The molecule has 0 aliphatic carbocycles. The van der Waals surface area contributed by atoms with E-state index in [0.717, 1.165) is 0 Å². The molecule has 0 amide bonds. The van der Waals surface area contributed by atoms with Crippen molar-refractivity contribution in [2.24, 2.45) is 0 Å². The molecule has 3 aromatic rings. The Morgan fingerprint density at radius 3 is 2.65 bits per heavy atom. The van der Waals surface area contributed by atoms with Crippen molar-refractivity contribution in [3.63, 3.8) is 0 Å². The SMILES string of the molecule is Cc1cccc2c3c(N)nc(C(F)(F)F)nc3n(CC(=O)O)c12.